The lowest BCUT2D eigenvalue weighted by Gasteiger charge is -2.16. The van der Waals surface area contributed by atoms with E-state index in [1.165, 1.54) is 12.1 Å². The zero-order valence-corrected chi connectivity index (χ0v) is 13.0. The first kappa shape index (κ1) is 16.0. The van der Waals surface area contributed by atoms with Gasteiger partial charge in [-0.1, -0.05) is 12.1 Å². The van der Waals surface area contributed by atoms with Crippen LogP contribution < -0.4 is 5.32 Å². The molecule has 0 saturated carbocycles. The summed E-state index contributed by atoms with van der Waals surface area (Å²) in [5.74, 6) is 0. The van der Waals surface area contributed by atoms with Crippen molar-refractivity contribution >= 4 is 33.0 Å². The molecule has 2 rings (SSSR count). The number of hydrogen-bond acceptors (Lipinski definition) is 5. The maximum Gasteiger partial charge on any atom is 0.175 e. The molecule has 3 atom stereocenters. The Morgan fingerprint density at radius 1 is 1.35 bits per heavy atom. The van der Waals surface area contributed by atoms with E-state index in [-0.39, 0.29) is 17.5 Å². The summed E-state index contributed by atoms with van der Waals surface area (Å²) >= 11 is 11.5. The van der Waals surface area contributed by atoms with E-state index >= 15 is 0 Å². The van der Waals surface area contributed by atoms with Crippen molar-refractivity contribution in [3.8, 4) is 0 Å². The van der Waals surface area contributed by atoms with E-state index in [4.69, 9.17) is 27.9 Å². The molecule has 1 aliphatic heterocycles. The van der Waals surface area contributed by atoms with Gasteiger partial charge in [0.1, 0.15) is 17.2 Å². The minimum atomic E-state index is -3.23. The summed E-state index contributed by atoms with van der Waals surface area (Å²) in [5.41, 5.74) is 0.750. The Kier molecular flexibility index (Phi) is 4.94. The van der Waals surface area contributed by atoms with Crippen molar-refractivity contribution < 1.29 is 18.3 Å². The number of halogens is 2. The molecule has 0 bridgehead atoms. The maximum absolute atomic E-state index is 11.4. The summed E-state index contributed by atoms with van der Waals surface area (Å²) in [4.78, 5) is -0.527. The largest absolute Gasteiger partial charge is 0.395 e. The summed E-state index contributed by atoms with van der Waals surface area (Å²) in [6, 6.07) is 5.99. The van der Waals surface area contributed by atoms with E-state index in [1.54, 1.807) is 12.1 Å². The van der Waals surface area contributed by atoms with E-state index in [2.05, 4.69) is 5.32 Å². The number of ether oxygens (including phenoxy) is 1. The van der Waals surface area contributed by atoms with Gasteiger partial charge in [-0.3, -0.25) is 5.32 Å². The molecule has 0 radical (unpaired) electrons. The van der Waals surface area contributed by atoms with Gasteiger partial charge in [0.15, 0.2) is 9.84 Å². The molecule has 0 aliphatic carbocycles. The Bertz CT molecular complexity index is 561. The molecule has 1 fully saturated rings. The van der Waals surface area contributed by atoms with Crippen LogP contribution in [-0.2, 0) is 14.6 Å². The van der Waals surface area contributed by atoms with Gasteiger partial charge in [-0.05, 0) is 17.7 Å². The van der Waals surface area contributed by atoms with Gasteiger partial charge in [0.05, 0.1) is 17.5 Å². The first-order valence-electron chi connectivity index (χ1n) is 5.93. The standard InChI is InChI=1S/C12H15Cl2NO4S/c1-20(17,18)8-4-2-7(3-5-8)10-9(6-16)15-12(19-10)11(13)14/h2-5,9-12,15-16H,6H2,1H3/t9-,10-,12-/m1/s1. The van der Waals surface area contributed by atoms with Crippen LogP contribution in [0.3, 0.4) is 0 Å². The van der Waals surface area contributed by atoms with Crippen LogP contribution in [0.4, 0.5) is 0 Å². The number of rotatable bonds is 4. The monoisotopic (exact) mass is 339 g/mol. The molecule has 1 aromatic carbocycles. The van der Waals surface area contributed by atoms with Gasteiger partial charge in [0, 0.05) is 6.26 Å². The van der Waals surface area contributed by atoms with Gasteiger partial charge < -0.3 is 9.84 Å². The summed E-state index contributed by atoms with van der Waals surface area (Å²) in [6.45, 7) is -0.143. The molecule has 0 aromatic heterocycles. The van der Waals surface area contributed by atoms with Gasteiger partial charge in [-0.25, -0.2) is 8.42 Å². The van der Waals surface area contributed by atoms with E-state index < -0.39 is 27.0 Å². The van der Waals surface area contributed by atoms with Crippen molar-refractivity contribution in [3.63, 3.8) is 0 Å². The zero-order chi connectivity index (χ0) is 14.9. The summed E-state index contributed by atoms with van der Waals surface area (Å²) < 4.78 is 28.5. The number of nitrogens with one attached hydrogen (secondary N) is 1. The minimum Gasteiger partial charge on any atom is -0.395 e. The Balaban J connectivity index is 2.22. The number of sulfone groups is 1. The predicted molar refractivity (Wildman–Crippen MR) is 76.7 cm³/mol. The molecule has 1 saturated heterocycles. The third-order valence-electron chi connectivity index (χ3n) is 3.10. The third-order valence-corrected chi connectivity index (χ3v) is 4.69. The highest BCUT2D eigenvalue weighted by molar-refractivity contribution is 7.90. The Morgan fingerprint density at radius 3 is 2.40 bits per heavy atom. The van der Waals surface area contributed by atoms with Crippen LogP contribution in [0.15, 0.2) is 29.2 Å². The summed E-state index contributed by atoms with van der Waals surface area (Å²) in [6.07, 6.45) is 0.141. The van der Waals surface area contributed by atoms with Crippen LogP contribution in [0, 0.1) is 0 Å². The Morgan fingerprint density at radius 2 is 1.95 bits per heavy atom. The van der Waals surface area contributed by atoms with Crippen molar-refractivity contribution in [2.75, 3.05) is 12.9 Å². The lowest BCUT2D eigenvalue weighted by Crippen LogP contribution is -2.36. The van der Waals surface area contributed by atoms with Crippen LogP contribution in [0.1, 0.15) is 11.7 Å². The third kappa shape index (κ3) is 3.44. The quantitative estimate of drug-likeness (QED) is 0.807. The first-order valence-corrected chi connectivity index (χ1v) is 8.70. The van der Waals surface area contributed by atoms with Crippen LogP contribution >= 0.6 is 23.2 Å². The van der Waals surface area contributed by atoms with Crippen molar-refractivity contribution in [3.05, 3.63) is 29.8 Å². The molecule has 0 amide bonds. The molecule has 112 valence electrons. The lowest BCUT2D eigenvalue weighted by atomic mass is 10.0. The van der Waals surface area contributed by atoms with Gasteiger partial charge in [0.25, 0.3) is 0 Å². The van der Waals surface area contributed by atoms with Crippen LogP contribution in [0.2, 0.25) is 0 Å². The molecule has 0 unspecified atom stereocenters. The fourth-order valence-electron chi connectivity index (χ4n) is 2.09. The average Bonchev–Trinajstić information content (AvgIpc) is 2.82. The first-order chi connectivity index (χ1) is 9.32. The van der Waals surface area contributed by atoms with Gasteiger partial charge in [-0.15, -0.1) is 23.2 Å². The molecule has 0 spiro atoms. The highest BCUT2D eigenvalue weighted by Gasteiger charge is 2.37. The highest BCUT2D eigenvalue weighted by Crippen LogP contribution is 2.31. The number of hydrogen-bond donors (Lipinski definition) is 2. The van der Waals surface area contributed by atoms with Gasteiger partial charge in [-0.2, -0.15) is 0 Å². The summed E-state index contributed by atoms with van der Waals surface area (Å²) in [5, 5.41) is 12.3. The topological polar surface area (TPSA) is 75.6 Å². The molecule has 1 aliphatic rings. The second-order valence-electron chi connectivity index (χ2n) is 4.61. The second kappa shape index (κ2) is 6.17. The Labute approximate surface area is 127 Å². The number of benzene rings is 1. The van der Waals surface area contributed by atoms with Crippen molar-refractivity contribution in [2.45, 2.75) is 28.1 Å². The van der Waals surface area contributed by atoms with Crippen molar-refractivity contribution in [1.29, 1.82) is 0 Å². The average molecular weight is 340 g/mol. The normalized spacial score (nSPS) is 27.1. The lowest BCUT2D eigenvalue weighted by molar-refractivity contribution is 0.0397. The fourth-order valence-corrected chi connectivity index (χ4v) is 2.98. The number of aliphatic hydroxyl groups is 1. The predicted octanol–water partition coefficient (Wildman–Crippen LogP) is 1.24. The molecular weight excluding hydrogens is 325 g/mol. The van der Waals surface area contributed by atoms with Crippen LogP contribution in [-0.4, -0.2) is 43.5 Å². The van der Waals surface area contributed by atoms with E-state index in [0.717, 1.165) is 11.8 Å². The van der Waals surface area contributed by atoms with Crippen molar-refractivity contribution in [1.82, 2.24) is 5.32 Å². The highest BCUT2D eigenvalue weighted by atomic mass is 35.5. The van der Waals surface area contributed by atoms with Crippen molar-refractivity contribution in [2.24, 2.45) is 0 Å². The van der Waals surface area contributed by atoms with Crippen LogP contribution in [0.5, 0.6) is 0 Å². The van der Waals surface area contributed by atoms with E-state index in [9.17, 15) is 13.5 Å². The van der Waals surface area contributed by atoms with Gasteiger partial charge in [0.2, 0.25) is 0 Å². The molecule has 20 heavy (non-hydrogen) atoms. The molecule has 8 heteroatoms. The van der Waals surface area contributed by atoms with E-state index in [1.807, 2.05) is 0 Å². The second-order valence-corrected chi connectivity index (χ2v) is 7.79. The number of aliphatic hydroxyl groups excluding tert-OH is 1. The zero-order valence-electron chi connectivity index (χ0n) is 10.7. The van der Waals surface area contributed by atoms with Crippen LogP contribution in [0.25, 0.3) is 0 Å². The fraction of sp³-hybridized carbons (Fsp3) is 0.500. The Hall–Kier alpha value is -0.370. The molecule has 1 heterocycles. The maximum atomic E-state index is 11.4. The van der Waals surface area contributed by atoms with E-state index in [0.29, 0.717) is 0 Å². The minimum absolute atomic E-state index is 0.143. The van der Waals surface area contributed by atoms with Gasteiger partial charge >= 0.3 is 0 Å². The molecular formula is C12H15Cl2NO4S. The smallest absolute Gasteiger partial charge is 0.175 e. The number of alkyl halides is 2. The molecule has 2 N–H and O–H groups in total. The summed E-state index contributed by atoms with van der Waals surface area (Å²) in [7, 11) is -3.23. The molecule has 5 nitrogen and oxygen atoms in total. The molecule has 1 aromatic rings. The SMILES string of the molecule is CS(=O)(=O)c1ccc([C@H]2O[C@H](C(Cl)Cl)N[C@@H]2CO)cc1.